The molecule has 0 radical (unpaired) electrons. The van der Waals surface area contributed by atoms with Gasteiger partial charge in [-0.05, 0) is 18.9 Å². The number of hydrogen-bond acceptors (Lipinski definition) is 6. The van der Waals surface area contributed by atoms with Gasteiger partial charge in [0.05, 0.1) is 5.69 Å². The van der Waals surface area contributed by atoms with E-state index in [2.05, 4.69) is 22.0 Å². The van der Waals surface area contributed by atoms with E-state index in [1.165, 1.54) is 11.3 Å². The fourth-order valence-corrected chi connectivity index (χ4v) is 2.99. The number of rotatable bonds is 4. The second-order valence-corrected chi connectivity index (χ2v) is 5.85. The first-order valence-corrected chi connectivity index (χ1v) is 7.66. The average Bonchev–Trinajstić information content (AvgIpc) is 3.06. The molecule has 2 aromatic heterocycles. The van der Waals surface area contributed by atoms with Crippen molar-refractivity contribution < 1.29 is 4.52 Å². The zero-order valence-electron chi connectivity index (χ0n) is 12.0. The SMILES string of the molecule is CCCc1nc(N)sc1-c1nc(-c2ccccc2C)no1. The number of anilines is 1. The lowest BCUT2D eigenvalue weighted by molar-refractivity contribution is 0.432. The first kappa shape index (κ1) is 13.8. The number of hydrogen-bond donors (Lipinski definition) is 1. The zero-order chi connectivity index (χ0) is 14.8. The largest absolute Gasteiger partial charge is 0.375 e. The molecule has 0 saturated heterocycles. The van der Waals surface area contributed by atoms with Crippen molar-refractivity contribution in [3.8, 4) is 22.2 Å². The monoisotopic (exact) mass is 300 g/mol. The Kier molecular flexibility index (Phi) is 3.70. The van der Waals surface area contributed by atoms with Crippen molar-refractivity contribution >= 4 is 16.5 Å². The van der Waals surface area contributed by atoms with Crippen molar-refractivity contribution in [1.82, 2.24) is 15.1 Å². The molecule has 0 aliphatic carbocycles. The minimum atomic E-state index is 0.492. The Morgan fingerprint density at radius 2 is 2.05 bits per heavy atom. The van der Waals surface area contributed by atoms with Crippen LogP contribution < -0.4 is 5.73 Å². The van der Waals surface area contributed by atoms with E-state index in [0.29, 0.717) is 16.8 Å². The number of aryl methyl sites for hydroxylation is 2. The van der Waals surface area contributed by atoms with Crippen LogP contribution in [0, 0.1) is 6.92 Å². The van der Waals surface area contributed by atoms with Crippen molar-refractivity contribution in [3.05, 3.63) is 35.5 Å². The highest BCUT2D eigenvalue weighted by molar-refractivity contribution is 7.18. The van der Waals surface area contributed by atoms with Gasteiger partial charge in [0.15, 0.2) is 5.13 Å². The Labute approximate surface area is 126 Å². The van der Waals surface area contributed by atoms with E-state index in [9.17, 15) is 0 Å². The van der Waals surface area contributed by atoms with Gasteiger partial charge in [0.25, 0.3) is 5.89 Å². The zero-order valence-corrected chi connectivity index (χ0v) is 12.8. The van der Waals surface area contributed by atoms with Crippen LogP contribution in [0.3, 0.4) is 0 Å². The molecule has 1 aromatic carbocycles. The number of nitrogens with zero attached hydrogens (tertiary/aromatic N) is 3. The van der Waals surface area contributed by atoms with E-state index >= 15 is 0 Å². The molecule has 0 saturated carbocycles. The summed E-state index contributed by atoms with van der Waals surface area (Å²) in [5.41, 5.74) is 8.82. The first-order chi connectivity index (χ1) is 10.2. The average molecular weight is 300 g/mol. The highest BCUT2D eigenvalue weighted by Gasteiger charge is 2.18. The van der Waals surface area contributed by atoms with Gasteiger partial charge < -0.3 is 10.3 Å². The molecule has 21 heavy (non-hydrogen) atoms. The van der Waals surface area contributed by atoms with Crippen molar-refractivity contribution in [3.63, 3.8) is 0 Å². The summed E-state index contributed by atoms with van der Waals surface area (Å²) in [6.07, 6.45) is 1.85. The molecule has 0 unspecified atom stereocenters. The van der Waals surface area contributed by atoms with Crippen molar-refractivity contribution in [2.75, 3.05) is 5.73 Å². The molecule has 3 rings (SSSR count). The Bertz CT molecular complexity index is 763. The van der Waals surface area contributed by atoms with Crippen molar-refractivity contribution in [2.24, 2.45) is 0 Å². The summed E-state index contributed by atoms with van der Waals surface area (Å²) in [6, 6.07) is 7.96. The van der Waals surface area contributed by atoms with Crippen LogP contribution in [0.4, 0.5) is 5.13 Å². The molecular weight excluding hydrogens is 284 g/mol. The highest BCUT2D eigenvalue weighted by atomic mass is 32.1. The lowest BCUT2D eigenvalue weighted by atomic mass is 10.1. The second kappa shape index (κ2) is 5.65. The fraction of sp³-hybridized carbons (Fsp3) is 0.267. The predicted octanol–water partition coefficient (Wildman–Crippen LogP) is 3.70. The third-order valence-electron chi connectivity index (χ3n) is 3.21. The van der Waals surface area contributed by atoms with Gasteiger partial charge in [-0.2, -0.15) is 4.98 Å². The molecule has 0 spiro atoms. The van der Waals surface area contributed by atoms with E-state index < -0.39 is 0 Å². The molecule has 108 valence electrons. The summed E-state index contributed by atoms with van der Waals surface area (Å²) in [6.45, 7) is 4.13. The number of benzene rings is 1. The maximum absolute atomic E-state index is 5.81. The molecule has 5 nitrogen and oxygen atoms in total. The van der Waals surface area contributed by atoms with Gasteiger partial charge in [-0.15, -0.1) is 0 Å². The molecule has 0 atom stereocenters. The Hall–Kier alpha value is -2.21. The van der Waals surface area contributed by atoms with Crippen LogP contribution in [0.5, 0.6) is 0 Å². The van der Waals surface area contributed by atoms with E-state index in [1.54, 1.807) is 0 Å². The van der Waals surface area contributed by atoms with Gasteiger partial charge >= 0.3 is 0 Å². The van der Waals surface area contributed by atoms with Crippen molar-refractivity contribution in [1.29, 1.82) is 0 Å². The van der Waals surface area contributed by atoms with Gasteiger partial charge in [0, 0.05) is 5.56 Å². The number of thiazole rings is 1. The summed E-state index contributed by atoms with van der Waals surface area (Å²) < 4.78 is 5.41. The number of aromatic nitrogens is 3. The molecule has 6 heteroatoms. The maximum Gasteiger partial charge on any atom is 0.270 e. The Balaban J connectivity index is 2.01. The van der Waals surface area contributed by atoms with Gasteiger partial charge in [-0.25, -0.2) is 4.98 Å². The first-order valence-electron chi connectivity index (χ1n) is 6.84. The number of nitrogens with two attached hydrogens (primary N) is 1. The van der Waals surface area contributed by atoms with Crippen LogP contribution >= 0.6 is 11.3 Å². The normalized spacial score (nSPS) is 11.0. The summed E-state index contributed by atoms with van der Waals surface area (Å²) in [7, 11) is 0. The van der Waals surface area contributed by atoms with Crippen LogP contribution in [0.15, 0.2) is 28.8 Å². The minimum absolute atomic E-state index is 0.492. The molecule has 3 aromatic rings. The molecular formula is C15H16N4OS. The molecule has 2 N–H and O–H groups in total. The van der Waals surface area contributed by atoms with E-state index in [4.69, 9.17) is 10.3 Å². The quantitative estimate of drug-likeness (QED) is 0.794. The smallest absolute Gasteiger partial charge is 0.270 e. The molecule has 0 bridgehead atoms. The topological polar surface area (TPSA) is 77.8 Å². The predicted molar refractivity (Wildman–Crippen MR) is 84.0 cm³/mol. The highest BCUT2D eigenvalue weighted by Crippen LogP contribution is 2.33. The molecule has 0 aliphatic heterocycles. The van der Waals surface area contributed by atoms with Crippen LogP contribution in [-0.4, -0.2) is 15.1 Å². The Morgan fingerprint density at radius 1 is 1.24 bits per heavy atom. The van der Waals surface area contributed by atoms with Crippen LogP contribution in [-0.2, 0) is 6.42 Å². The van der Waals surface area contributed by atoms with Gasteiger partial charge in [0.1, 0.15) is 4.88 Å². The van der Waals surface area contributed by atoms with E-state index in [-0.39, 0.29) is 0 Å². The minimum Gasteiger partial charge on any atom is -0.375 e. The van der Waals surface area contributed by atoms with Crippen LogP contribution in [0.25, 0.3) is 22.2 Å². The fourth-order valence-electron chi connectivity index (χ4n) is 2.19. The van der Waals surface area contributed by atoms with E-state index in [0.717, 1.165) is 34.5 Å². The van der Waals surface area contributed by atoms with Gasteiger partial charge in [-0.1, -0.05) is 54.1 Å². The van der Waals surface area contributed by atoms with Crippen LogP contribution in [0.2, 0.25) is 0 Å². The number of nitrogen functional groups attached to an aromatic ring is 1. The summed E-state index contributed by atoms with van der Waals surface area (Å²) in [5, 5.41) is 4.62. The summed E-state index contributed by atoms with van der Waals surface area (Å²) in [4.78, 5) is 9.73. The molecule has 0 fully saturated rings. The van der Waals surface area contributed by atoms with Crippen molar-refractivity contribution in [2.45, 2.75) is 26.7 Å². The lowest BCUT2D eigenvalue weighted by Gasteiger charge is -1.98. The summed E-state index contributed by atoms with van der Waals surface area (Å²) >= 11 is 1.39. The third kappa shape index (κ3) is 2.67. The van der Waals surface area contributed by atoms with Gasteiger partial charge in [-0.3, -0.25) is 0 Å². The maximum atomic E-state index is 5.81. The third-order valence-corrected chi connectivity index (χ3v) is 4.12. The van der Waals surface area contributed by atoms with E-state index in [1.807, 2.05) is 31.2 Å². The van der Waals surface area contributed by atoms with Gasteiger partial charge in [0.2, 0.25) is 5.82 Å². The standard InChI is InChI=1S/C15H16N4OS/c1-3-6-11-12(21-15(16)17-11)14-18-13(19-20-14)10-8-5-4-7-9(10)2/h4-5,7-8H,3,6H2,1-2H3,(H2,16,17). The van der Waals surface area contributed by atoms with Crippen LogP contribution in [0.1, 0.15) is 24.6 Å². The summed E-state index contributed by atoms with van der Waals surface area (Å²) in [5.74, 6) is 1.09. The molecule has 0 aliphatic rings. The Morgan fingerprint density at radius 3 is 2.81 bits per heavy atom. The second-order valence-electron chi connectivity index (χ2n) is 4.82. The molecule has 2 heterocycles. The lowest BCUT2D eigenvalue weighted by Crippen LogP contribution is -1.89. The molecule has 0 amide bonds.